The van der Waals surface area contributed by atoms with E-state index < -0.39 is 0 Å². The van der Waals surface area contributed by atoms with E-state index in [-0.39, 0.29) is 19.1 Å². The van der Waals surface area contributed by atoms with Gasteiger partial charge in [-0.15, -0.1) is 12.3 Å². The van der Waals surface area contributed by atoms with Crippen molar-refractivity contribution in [2.75, 3.05) is 18.7 Å². The molecule has 0 saturated carbocycles. The van der Waals surface area contributed by atoms with E-state index in [1.807, 2.05) is 57.3 Å². The molecule has 1 aromatic carbocycles. The minimum Gasteiger partial charge on any atom is -0.483 e. The summed E-state index contributed by atoms with van der Waals surface area (Å²) in [4.78, 5) is 8.36. The number of nitrogens with zero attached hydrogens (tertiary/aromatic N) is 1. The van der Waals surface area contributed by atoms with Crippen LogP contribution in [0.2, 0.25) is 0 Å². The number of para-hydroxylation sites is 1. The number of aliphatic hydroxyl groups is 1. The Balaban J connectivity index is 0. The number of carboxylic acid groups (broad SMARTS) is 1. The molecule has 192 valence electrons. The molecule has 8 N–H and O–H groups in total. The number of aryl methyl sites for hydroxylation is 1. The Labute approximate surface area is 210 Å². The lowest BCUT2D eigenvalue weighted by molar-refractivity contribution is -0.122. The van der Waals surface area contributed by atoms with Gasteiger partial charge in [0.15, 0.2) is 0 Å². The van der Waals surface area contributed by atoms with E-state index in [2.05, 4.69) is 24.2 Å². The molecular weight excluding hydrogens is 442 g/mol. The maximum atomic E-state index is 8.93. The van der Waals surface area contributed by atoms with Crippen molar-refractivity contribution in [3.05, 3.63) is 77.2 Å². The van der Waals surface area contributed by atoms with Gasteiger partial charge >= 0.3 is 0 Å². The van der Waals surface area contributed by atoms with Gasteiger partial charge in [0.25, 0.3) is 6.47 Å². The van der Waals surface area contributed by atoms with Crippen LogP contribution in [-0.2, 0) is 4.79 Å². The lowest BCUT2D eigenvalue weighted by Crippen LogP contribution is -2.39. The van der Waals surface area contributed by atoms with Crippen LogP contribution in [0, 0.1) is 24.7 Å². The summed E-state index contributed by atoms with van der Waals surface area (Å²) in [6.45, 7) is 9.51. The van der Waals surface area contributed by atoms with Gasteiger partial charge in [0.2, 0.25) is 0 Å². The second-order valence-electron chi connectivity index (χ2n) is 7.34. The number of nitrogens with one attached hydrogen (secondary N) is 2. The smallest absolute Gasteiger partial charge is 0.290 e. The Morgan fingerprint density at radius 2 is 1.97 bits per heavy atom. The summed E-state index contributed by atoms with van der Waals surface area (Å²) in [6.07, 6.45) is 13.7. The SMILES string of the molecule is C#CC.C=C(C(N)C/C(C=N)=C\CC/C(C)=C(/C=C\CO)NC)N(N)c1ccccc1C.O=CO. The van der Waals surface area contributed by atoms with Crippen LogP contribution in [0.1, 0.15) is 38.7 Å². The number of rotatable bonds is 12. The van der Waals surface area contributed by atoms with Gasteiger partial charge in [-0.05, 0) is 68.9 Å². The molecule has 0 aliphatic heterocycles. The lowest BCUT2D eigenvalue weighted by atomic mass is 10.0. The van der Waals surface area contributed by atoms with Gasteiger partial charge in [-0.25, -0.2) is 5.84 Å². The molecule has 0 heterocycles. The van der Waals surface area contributed by atoms with Crippen molar-refractivity contribution in [2.45, 2.75) is 46.1 Å². The van der Waals surface area contributed by atoms with Crippen LogP contribution < -0.4 is 21.9 Å². The highest BCUT2D eigenvalue weighted by Gasteiger charge is 2.16. The number of hydrogen-bond donors (Lipinski definition) is 6. The molecule has 0 aliphatic rings. The molecule has 0 amide bonds. The van der Waals surface area contributed by atoms with Gasteiger partial charge in [-0.2, -0.15) is 0 Å². The summed E-state index contributed by atoms with van der Waals surface area (Å²) < 4.78 is 0. The Kier molecular flexibility index (Phi) is 20.1. The van der Waals surface area contributed by atoms with Gasteiger partial charge in [-0.3, -0.25) is 9.80 Å². The van der Waals surface area contributed by atoms with Crippen molar-refractivity contribution < 1.29 is 15.0 Å². The summed E-state index contributed by atoms with van der Waals surface area (Å²) in [6, 6.07) is 7.42. The first-order valence-corrected chi connectivity index (χ1v) is 11.0. The van der Waals surface area contributed by atoms with E-state index in [1.165, 1.54) is 16.8 Å². The van der Waals surface area contributed by atoms with Crippen molar-refractivity contribution in [1.82, 2.24) is 5.32 Å². The largest absolute Gasteiger partial charge is 0.483 e. The molecule has 1 aromatic rings. The minimum absolute atomic E-state index is 0.0127. The monoisotopic (exact) mass is 483 g/mol. The van der Waals surface area contributed by atoms with Gasteiger partial charge in [0.05, 0.1) is 18.3 Å². The maximum absolute atomic E-state index is 8.93. The number of carbonyl (C=O) groups is 1. The minimum atomic E-state index is -0.385. The Bertz CT molecular complexity index is 914. The Morgan fingerprint density at radius 3 is 2.46 bits per heavy atom. The third-order valence-corrected chi connectivity index (χ3v) is 4.80. The zero-order chi connectivity index (χ0) is 27.2. The molecule has 35 heavy (non-hydrogen) atoms. The highest BCUT2D eigenvalue weighted by Crippen LogP contribution is 2.22. The summed E-state index contributed by atoms with van der Waals surface area (Å²) >= 11 is 0. The van der Waals surface area contributed by atoms with Crippen molar-refractivity contribution in [1.29, 1.82) is 5.41 Å². The van der Waals surface area contributed by atoms with Crippen LogP contribution in [0.4, 0.5) is 5.69 Å². The molecule has 0 bridgehead atoms. The Hall–Kier alpha value is -3.64. The topological polar surface area (TPSA) is 149 Å². The fourth-order valence-corrected chi connectivity index (χ4v) is 2.96. The zero-order valence-electron chi connectivity index (χ0n) is 21.3. The average Bonchev–Trinajstić information content (AvgIpc) is 2.84. The molecule has 0 aromatic heterocycles. The molecule has 8 nitrogen and oxygen atoms in total. The fraction of sp³-hybridized carbons (Fsp3) is 0.333. The quantitative estimate of drug-likeness (QED) is 0.0664. The van der Waals surface area contributed by atoms with E-state index in [0.717, 1.165) is 35.4 Å². The first kappa shape index (κ1) is 33.5. The third-order valence-electron chi connectivity index (χ3n) is 4.80. The summed E-state index contributed by atoms with van der Waals surface area (Å²) in [5, 5.41) is 28.2. The standard InChI is InChI=1S/C23H35N5O.C3H4.CH2O2/c1-17(22(27-4)12-8-14-29)10-7-11-20(16-24)15-21(25)19(3)28(26)23-13-6-5-9-18(23)2;1-3-2;2-1-3/h5-6,8-9,11-13,16,21,24,27,29H,3,7,10,14-15,25-26H2,1-2,4H3;1H,2H3;1H,(H,2,3)/b12-8-,20-11+,22-17-,24-16?;;. The van der Waals surface area contributed by atoms with E-state index in [1.54, 1.807) is 13.0 Å². The van der Waals surface area contributed by atoms with E-state index in [9.17, 15) is 0 Å². The van der Waals surface area contributed by atoms with Crippen molar-refractivity contribution >= 4 is 18.4 Å². The van der Waals surface area contributed by atoms with Crippen LogP contribution in [0.15, 0.2) is 71.6 Å². The summed E-state index contributed by atoms with van der Waals surface area (Å²) in [5.41, 5.74) is 11.9. The number of aliphatic hydroxyl groups excluding tert-OH is 1. The number of hydrogen-bond acceptors (Lipinski definition) is 7. The second-order valence-corrected chi connectivity index (χ2v) is 7.34. The van der Waals surface area contributed by atoms with Crippen molar-refractivity contribution in [3.63, 3.8) is 0 Å². The average molecular weight is 484 g/mol. The predicted octanol–water partition coefficient (Wildman–Crippen LogP) is 3.64. The van der Waals surface area contributed by atoms with Gasteiger partial charge in [0.1, 0.15) is 0 Å². The molecule has 0 radical (unpaired) electrons. The van der Waals surface area contributed by atoms with Crippen LogP contribution >= 0.6 is 0 Å². The molecular formula is C27H41N5O3. The maximum Gasteiger partial charge on any atom is 0.290 e. The van der Waals surface area contributed by atoms with Crippen LogP contribution in [0.3, 0.4) is 0 Å². The predicted molar refractivity (Wildman–Crippen MR) is 147 cm³/mol. The molecule has 0 spiro atoms. The molecule has 0 aliphatic carbocycles. The van der Waals surface area contributed by atoms with Crippen LogP contribution in [-0.4, -0.2) is 42.6 Å². The normalized spacial score (nSPS) is 12.0. The molecule has 8 heteroatoms. The van der Waals surface area contributed by atoms with Crippen molar-refractivity contribution in [2.24, 2.45) is 11.6 Å². The highest BCUT2D eigenvalue weighted by molar-refractivity contribution is 5.76. The summed E-state index contributed by atoms with van der Waals surface area (Å²) in [5.74, 6) is 8.48. The number of likely N-dealkylation sites (N-methyl/N-ethyl adjacent to an activating group) is 1. The number of hydrazine groups is 1. The highest BCUT2D eigenvalue weighted by atomic mass is 16.3. The van der Waals surface area contributed by atoms with Gasteiger partial charge < -0.3 is 26.7 Å². The molecule has 1 unspecified atom stereocenters. The lowest BCUT2D eigenvalue weighted by Gasteiger charge is -2.27. The molecule has 0 saturated heterocycles. The van der Waals surface area contributed by atoms with Gasteiger partial charge in [-0.1, -0.05) is 36.9 Å². The van der Waals surface area contributed by atoms with Crippen LogP contribution in [0.5, 0.6) is 0 Å². The third kappa shape index (κ3) is 14.3. The second kappa shape index (κ2) is 20.9. The van der Waals surface area contributed by atoms with E-state index in [4.69, 9.17) is 32.0 Å². The van der Waals surface area contributed by atoms with Crippen molar-refractivity contribution in [3.8, 4) is 12.3 Å². The molecule has 1 rings (SSSR count). The Morgan fingerprint density at radius 1 is 1.40 bits per heavy atom. The van der Waals surface area contributed by atoms with E-state index >= 15 is 0 Å². The summed E-state index contributed by atoms with van der Waals surface area (Å²) in [7, 11) is 1.86. The van der Waals surface area contributed by atoms with E-state index in [0.29, 0.717) is 12.1 Å². The number of allylic oxidation sites excluding steroid dienone is 3. The fourth-order valence-electron chi connectivity index (χ4n) is 2.96. The first-order chi connectivity index (χ1) is 16.7. The number of benzene rings is 1. The first-order valence-electron chi connectivity index (χ1n) is 11.0. The number of nitrogens with two attached hydrogens (primary N) is 2. The zero-order valence-corrected chi connectivity index (χ0v) is 21.3. The molecule has 0 fully saturated rings. The van der Waals surface area contributed by atoms with Gasteiger partial charge in [0, 0.05) is 24.7 Å². The van der Waals surface area contributed by atoms with Crippen LogP contribution in [0.25, 0.3) is 0 Å². The number of anilines is 1. The molecule has 1 atom stereocenters. The number of terminal acetylenes is 1.